The van der Waals surface area contributed by atoms with E-state index in [-0.39, 0.29) is 0 Å². The summed E-state index contributed by atoms with van der Waals surface area (Å²) in [6, 6.07) is 13.3. The summed E-state index contributed by atoms with van der Waals surface area (Å²) in [4.78, 5) is 4.50. The van der Waals surface area contributed by atoms with Gasteiger partial charge in [-0.3, -0.25) is 0 Å². The first kappa shape index (κ1) is 8.97. The minimum Gasteiger partial charge on any atom is -0.463 e. The van der Waals surface area contributed by atoms with Crippen LogP contribution in [0.25, 0.3) is 22.4 Å². The highest BCUT2D eigenvalue weighted by Crippen LogP contribution is 2.26. The van der Waals surface area contributed by atoms with Crippen LogP contribution in [-0.4, -0.2) is 4.98 Å². The summed E-state index contributed by atoms with van der Waals surface area (Å²) >= 11 is 0. The molecule has 0 aliphatic rings. The van der Waals surface area contributed by atoms with Crippen LogP contribution in [0, 0.1) is 0 Å². The number of fused-ring (bicyclic) bond motifs is 1. The summed E-state index contributed by atoms with van der Waals surface area (Å²) in [6.07, 6.45) is 1.63. The van der Waals surface area contributed by atoms with E-state index < -0.39 is 0 Å². The topological polar surface area (TPSA) is 52.0 Å². The number of benzene rings is 1. The monoisotopic (exact) mass is 210 g/mol. The van der Waals surface area contributed by atoms with Crippen LogP contribution in [0.4, 0.5) is 5.69 Å². The summed E-state index contributed by atoms with van der Waals surface area (Å²) in [5.74, 6) is 0.734. The van der Waals surface area contributed by atoms with Crippen LogP contribution in [-0.2, 0) is 0 Å². The van der Waals surface area contributed by atoms with Crippen molar-refractivity contribution < 1.29 is 4.42 Å². The maximum absolute atomic E-state index is 5.98. The van der Waals surface area contributed by atoms with Crippen LogP contribution < -0.4 is 5.73 Å². The summed E-state index contributed by atoms with van der Waals surface area (Å²) in [6.45, 7) is 0. The van der Waals surface area contributed by atoms with Gasteiger partial charge in [-0.05, 0) is 24.3 Å². The van der Waals surface area contributed by atoms with Crippen molar-refractivity contribution >= 4 is 16.6 Å². The molecule has 2 N–H and O–H groups in total. The van der Waals surface area contributed by atoms with Crippen molar-refractivity contribution in [1.29, 1.82) is 0 Å². The molecule has 0 saturated carbocycles. The Balaban J connectivity index is 2.29. The summed E-state index contributed by atoms with van der Waals surface area (Å²) in [7, 11) is 0. The summed E-state index contributed by atoms with van der Waals surface area (Å²) in [5.41, 5.74) is 8.35. The van der Waals surface area contributed by atoms with Crippen LogP contribution in [0.1, 0.15) is 0 Å². The predicted molar refractivity (Wildman–Crippen MR) is 63.9 cm³/mol. The van der Waals surface area contributed by atoms with Gasteiger partial charge < -0.3 is 10.2 Å². The van der Waals surface area contributed by atoms with E-state index in [1.807, 2.05) is 42.5 Å². The number of rotatable bonds is 1. The Bertz CT molecular complexity index is 629. The average Bonchev–Trinajstić information content (AvgIpc) is 2.82. The number of nitrogen functional groups attached to an aromatic ring is 1. The molecule has 0 aliphatic carbocycles. The third kappa shape index (κ3) is 1.34. The van der Waals surface area contributed by atoms with Crippen LogP contribution in [0.5, 0.6) is 0 Å². The normalized spacial score (nSPS) is 10.8. The molecule has 3 heteroatoms. The van der Waals surface area contributed by atoms with Gasteiger partial charge >= 0.3 is 0 Å². The lowest BCUT2D eigenvalue weighted by Crippen LogP contribution is -1.91. The Hall–Kier alpha value is -2.29. The molecule has 2 aromatic heterocycles. The number of aromatic nitrogens is 1. The van der Waals surface area contributed by atoms with Crippen molar-refractivity contribution in [2.45, 2.75) is 0 Å². The molecule has 2 heterocycles. The zero-order chi connectivity index (χ0) is 11.0. The highest BCUT2D eigenvalue weighted by molar-refractivity contribution is 5.92. The second-order valence-electron chi connectivity index (χ2n) is 3.59. The van der Waals surface area contributed by atoms with Gasteiger partial charge in [-0.25, -0.2) is 4.98 Å². The molecule has 3 nitrogen and oxygen atoms in total. The third-order valence-electron chi connectivity index (χ3n) is 2.52. The number of hydrogen-bond acceptors (Lipinski definition) is 3. The van der Waals surface area contributed by atoms with Crippen molar-refractivity contribution in [2.24, 2.45) is 0 Å². The largest absolute Gasteiger partial charge is 0.463 e. The van der Waals surface area contributed by atoms with E-state index in [1.165, 1.54) is 0 Å². The quantitative estimate of drug-likeness (QED) is 0.671. The molecule has 3 aromatic rings. The van der Waals surface area contributed by atoms with Crippen molar-refractivity contribution in [1.82, 2.24) is 4.98 Å². The fourth-order valence-electron chi connectivity index (χ4n) is 1.75. The maximum Gasteiger partial charge on any atom is 0.152 e. The lowest BCUT2D eigenvalue weighted by molar-refractivity contribution is 0.580. The van der Waals surface area contributed by atoms with Crippen LogP contribution >= 0.6 is 0 Å². The molecule has 3 rings (SSSR count). The van der Waals surface area contributed by atoms with E-state index in [0.29, 0.717) is 0 Å². The molecular formula is C13H10N2O. The number of para-hydroxylation sites is 1. The molecule has 0 radical (unpaired) electrons. The number of nitrogens with two attached hydrogens (primary N) is 1. The first-order chi connectivity index (χ1) is 7.84. The predicted octanol–water partition coefficient (Wildman–Crippen LogP) is 3.08. The molecular weight excluding hydrogens is 200 g/mol. The lowest BCUT2D eigenvalue weighted by atomic mass is 10.1. The molecule has 0 amide bonds. The Morgan fingerprint density at radius 1 is 1.06 bits per heavy atom. The second-order valence-corrected chi connectivity index (χ2v) is 3.59. The number of nitrogens with zero attached hydrogens (tertiary/aromatic N) is 1. The number of anilines is 1. The van der Waals surface area contributed by atoms with Crippen LogP contribution in [0.3, 0.4) is 0 Å². The fraction of sp³-hybridized carbons (Fsp3) is 0. The first-order valence-corrected chi connectivity index (χ1v) is 5.04. The first-order valence-electron chi connectivity index (χ1n) is 5.04. The Kier molecular flexibility index (Phi) is 1.90. The smallest absolute Gasteiger partial charge is 0.152 e. The van der Waals surface area contributed by atoms with Crippen molar-refractivity contribution in [3.05, 3.63) is 48.7 Å². The average molecular weight is 210 g/mol. The minimum atomic E-state index is 0.719. The number of hydrogen-bond donors (Lipinski definition) is 1. The van der Waals surface area contributed by atoms with E-state index in [0.717, 1.165) is 28.0 Å². The van der Waals surface area contributed by atoms with E-state index >= 15 is 0 Å². The Morgan fingerprint density at radius 2 is 1.94 bits per heavy atom. The Labute approximate surface area is 92.5 Å². The van der Waals surface area contributed by atoms with E-state index in [2.05, 4.69) is 4.98 Å². The van der Waals surface area contributed by atoms with Crippen molar-refractivity contribution in [2.75, 3.05) is 5.73 Å². The lowest BCUT2D eigenvalue weighted by Gasteiger charge is -2.03. The molecule has 0 bridgehead atoms. The molecule has 0 saturated heterocycles. The molecule has 78 valence electrons. The highest BCUT2D eigenvalue weighted by Gasteiger charge is 2.06. The zero-order valence-electron chi connectivity index (χ0n) is 8.55. The van der Waals surface area contributed by atoms with Gasteiger partial charge in [-0.1, -0.05) is 18.2 Å². The van der Waals surface area contributed by atoms with Gasteiger partial charge in [0.05, 0.1) is 11.8 Å². The second kappa shape index (κ2) is 3.38. The van der Waals surface area contributed by atoms with Gasteiger partial charge in [0.15, 0.2) is 5.76 Å². The highest BCUT2D eigenvalue weighted by atomic mass is 16.3. The zero-order valence-corrected chi connectivity index (χ0v) is 8.55. The van der Waals surface area contributed by atoms with Crippen LogP contribution in [0.2, 0.25) is 0 Å². The van der Waals surface area contributed by atoms with Crippen molar-refractivity contribution in [3.8, 4) is 11.5 Å². The van der Waals surface area contributed by atoms with Gasteiger partial charge in [-0.2, -0.15) is 0 Å². The standard InChI is InChI=1S/C13H10N2O/c14-10-8-12(13-6-3-7-16-13)15-11-5-2-1-4-9(10)11/h1-8H,(H2,14,15). The molecule has 0 fully saturated rings. The number of pyridine rings is 1. The van der Waals surface area contributed by atoms with Gasteiger partial charge in [0.2, 0.25) is 0 Å². The van der Waals surface area contributed by atoms with Gasteiger partial charge in [0.25, 0.3) is 0 Å². The maximum atomic E-state index is 5.98. The minimum absolute atomic E-state index is 0.719. The SMILES string of the molecule is Nc1cc(-c2ccco2)nc2ccccc12. The molecule has 0 spiro atoms. The van der Waals surface area contributed by atoms with Gasteiger partial charge in [-0.15, -0.1) is 0 Å². The third-order valence-corrected chi connectivity index (χ3v) is 2.52. The van der Waals surface area contributed by atoms with Crippen LogP contribution in [0.15, 0.2) is 53.1 Å². The molecule has 0 aliphatic heterocycles. The van der Waals surface area contributed by atoms with Gasteiger partial charge in [0.1, 0.15) is 5.69 Å². The molecule has 16 heavy (non-hydrogen) atoms. The molecule has 0 unspecified atom stereocenters. The summed E-state index contributed by atoms with van der Waals surface area (Å²) in [5, 5.41) is 0.970. The van der Waals surface area contributed by atoms with E-state index in [9.17, 15) is 0 Å². The fourth-order valence-corrected chi connectivity index (χ4v) is 1.75. The summed E-state index contributed by atoms with van der Waals surface area (Å²) < 4.78 is 5.31. The Morgan fingerprint density at radius 3 is 2.75 bits per heavy atom. The molecule has 0 atom stereocenters. The molecule has 1 aromatic carbocycles. The van der Waals surface area contributed by atoms with E-state index in [4.69, 9.17) is 10.2 Å². The van der Waals surface area contributed by atoms with Gasteiger partial charge in [0, 0.05) is 11.1 Å². The van der Waals surface area contributed by atoms with E-state index in [1.54, 1.807) is 6.26 Å². The van der Waals surface area contributed by atoms with Crippen molar-refractivity contribution in [3.63, 3.8) is 0 Å². The number of furan rings is 1.